The number of hydrogen-bond acceptors (Lipinski definition) is 1. The molecule has 0 saturated heterocycles. The minimum absolute atomic E-state index is 0.0192. The molecule has 2 aliphatic rings. The SMILES string of the molecule is CC1(C)c2ccccc2-c2cc(C3CCCCC3)c(N(c3ccccc3)C(C)(C)C)cc21. The van der Waals surface area contributed by atoms with Crippen LogP contribution in [0.4, 0.5) is 11.4 Å². The number of anilines is 2. The molecule has 0 unspecified atom stereocenters. The van der Waals surface area contributed by atoms with Crippen LogP contribution in [0.5, 0.6) is 0 Å². The van der Waals surface area contributed by atoms with E-state index in [1.165, 1.54) is 65.7 Å². The number of rotatable bonds is 3. The van der Waals surface area contributed by atoms with Gasteiger partial charge < -0.3 is 4.90 Å². The summed E-state index contributed by atoms with van der Waals surface area (Å²) in [5.41, 5.74) is 10.1. The van der Waals surface area contributed by atoms with E-state index in [0.717, 1.165) is 0 Å². The molecular weight excluding hydrogens is 386 g/mol. The van der Waals surface area contributed by atoms with Gasteiger partial charge in [0.1, 0.15) is 0 Å². The second-order valence-electron chi connectivity index (χ2n) is 11.3. The second kappa shape index (κ2) is 7.80. The number of para-hydroxylation sites is 1. The summed E-state index contributed by atoms with van der Waals surface area (Å²) < 4.78 is 0. The molecule has 0 heterocycles. The molecule has 1 fully saturated rings. The van der Waals surface area contributed by atoms with Gasteiger partial charge in [-0.05, 0) is 91.6 Å². The highest BCUT2D eigenvalue weighted by atomic mass is 15.2. The lowest BCUT2D eigenvalue weighted by Crippen LogP contribution is -2.38. The molecule has 0 spiro atoms. The second-order valence-corrected chi connectivity index (χ2v) is 11.3. The van der Waals surface area contributed by atoms with Crippen LogP contribution in [0.15, 0.2) is 66.7 Å². The summed E-state index contributed by atoms with van der Waals surface area (Å²) in [5.74, 6) is 0.647. The highest BCUT2D eigenvalue weighted by Crippen LogP contribution is 2.53. The van der Waals surface area contributed by atoms with E-state index in [0.29, 0.717) is 5.92 Å². The maximum atomic E-state index is 2.59. The zero-order valence-corrected chi connectivity index (χ0v) is 20.4. The molecule has 0 bridgehead atoms. The Labute approximate surface area is 194 Å². The normalized spacial score (nSPS) is 17.7. The first kappa shape index (κ1) is 21.3. The molecule has 5 rings (SSSR count). The first-order chi connectivity index (χ1) is 15.3. The maximum Gasteiger partial charge on any atom is 0.0454 e. The van der Waals surface area contributed by atoms with Gasteiger partial charge >= 0.3 is 0 Å². The third-order valence-electron chi connectivity index (χ3n) is 7.70. The fraction of sp³-hybridized carbons (Fsp3) is 0.419. The van der Waals surface area contributed by atoms with Gasteiger partial charge in [-0.1, -0.05) is 75.6 Å². The van der Waals surface area contributed by atoms with Crippen molar-refractivity contribution < 1.29 is 0 Å². The highest BCUT2D eigenvalue weighted by molar-refractivity contribution is 5.85. The summed E-state index contributed by atoms with van der Waals surface area (Å²) in [4.78, 5) is 2.59. The molecule has 0 N–H and O–H groups in total. The Morgan fingerprint density at radius 2 is 1.41 bits per heavy atom. The summed E-state index contributed by atoms with van der Waals surface area (Å²) in [7, 11) is 0. The van der Waals surface area contributed by atoms with Gasteiger partial charge in [0.05, 0.1) is 0 Å². The zero-order chi connectivity index (χ0) is 22.5. The van der Waals surface area contributed by atoms with E-state index in [1.54, 1.807) is 5.56 Å². The van der Waals surface area contributed by atoms with E-state index in [-0.39, 0.29) is 11.0 Å². The first-order valence-electron chi connectivity index (χ1n) is 12.4. The van der Waals surface area contributed by atoms with Gasteiger partial charge in [0.15, 0.2) is 0 Å². The zero-order valence-electron chi connectivity index (χ0n) is 20.4. The van der Waals surface area contributed by atoms with Crippen molar-refractivity contribution in [3.8, 4) is 11.1 Å². The monoisotopic (exact) mass is 423 g/mol. The first-order valence-corrected chi connectivity index (χ1v) is 12.4. The summed E-state index contributed by atoms with van der Waals surface area (Å²) in [5, 5.41) is 0. The summed E-state index contributed by atoms with van der Waals surface area (Å²) in [6.45, 7) is 11.8. The summed E-state index contributed by atoms with van der Waals surface area (Å²) >= 11 is 0. The quantitative estimate of drug-likeness (QED) is 0.406. The topological polar surface area (TPSA) is 3.24 Å². The van der Waals surface area contributed by atoms with Crippen LogP contribution >= 0.6 is 0 Å². The molecule has 0 atom stereocenters. The van der Waals surface area contributed by atoms with Crippen LogP contribution in [0.1, 0.15) is 89.3 Å². The van der Waals surface area contributed by atoms with E-state index in [9.17, 15) is 0 Å². The van der Waals surface area contributed by atoms with Gasteiger partial charge in [-0.25, -0.2) is 0 Å². The molecule has 0 amide bonds. The predicted molar refractivity (Wildman–Crippen MR) is 138 cm³/mol. The van der Waals surface area contributed by atoms with Gasteiger partial charge in [0.25, 0.3) is 0 Å². The summed E-state index contributed by atoms with van der Waals surface area (Å²) in [6.07, 6.45) is 6.70. The van der Waals surface area contributed by atoms with Crippen LogP contribution in [0.3, 0.4) is 0 Å². The van der Waals surface area contributed by atoms with Crippen molar-refractivity contribution in [2.75, 3.05) is 4.90 Å². The van der Waals surface area contributed by atoms with Gasteiger partial charge in [-0.3, -0.25) is 0 Å². The third-order valence-corrected chi connectivity index (χ3v) is 7.70. The predicted octanol–water partition coefficient (Wildman–Crippen LogP) is 8.98. The molecule has 0 aromatic heterocycles. The lowest BCUT2D eigenvalue weighted by molar-refractivity contribution is 0.442. The standard InChI is InChI=1S/C31H37N/c1-30(2,3)32(23-16-10-7-11-17-23)29-21-28-26(20-25(29)22-14-8-6-9-15-22)24-18-12-13-19-27(24)31(28,4)5/h7,10-13,16-22H,6,8-9,14-15H2,1-5H3. The van der Waals surface area contributed by atoms with E-state index >= 15 is 0 Å². The van der Waals surface area contributed by atoms with Crippen molar-refractivity contribution in [3.05, 3.63) is 83.4 Å². The van der Waals surface area contributed by atoms with E-state index < -0.39 is 0 Å². The van der Waals surface area contributed by atoms with Crippen molar-refractivity contribution >= 4 is 11.4 Å². The fourth-order valence-corrected chi connectivity index (χ4v) is 6.15. The molecule has 0 aliphatic heterocycles. The minimum Gasteiger partial charge on any atom is -0.336 e. The van der Waals surface area contributed by atoms with Crippen molar-refractivity contribution in [2.24, 2.45) is 0 Å². The Morgan fingerprint density at radius 3 is 2.09 bits per heavy atom. The van der Waals surface area contributed by atoms with Crippen LogP contribution in [-0.2, 0) is 5.41 Å². The Hall–Kier alpha value is -2.54. The van der Waals surface area contributed by atoms with Gasteiger partial charge in [0.2, 0.25) is 0 Å². The molecule has 1 saturated carbocycles. The Balaban J connectivity index is 1.78. The van der Waals surface area contributed by atoms with Gasteiger partial charge in [0, 0.05) is 22.3 Å². The largest absolute Gasteiger partial charge is 0.336 e. The van der Waals surface area contributed by atoms with Gasteiger partial charge in [-0.2, -0.15) is 0 Å². The Bertz CT molecular complexity index is 1110. The number of hydrogen-bond donors (Lipinski definition) is 0. The number of benzene rings is 3. The molecule has 166 valence electrons. The molecule has 3 aromatic carbocycles. The molecule has 3 aromatic rings. The molecule has 0 radical (unpaired) electrons. The van der Waals surface area contributed by atoms with Crippen LogP contribution in [0.25, 0.3) is 11.1 Å². The average molecular weight is 424 g/mol. The summed E-state index contributed by atoms with van der Waals surface area (Å²) in [6, 6.07) is 25.2. The molecule has 1 heteroatoms. The van der Waals surface area contributed by atoms with Gasteiger partial charge in [-0.15, -0.1) is 0 Å². The number of nitrogens with zero attached hydrogens (tertiary/aromatic N) is 1. The maximum absolute atomic E-state index is 2.59. The average Bonchev–Trinajstić information content (AvgIpc) is 3.01. The van der Waals surface area contributed by atoms with Crippen molar-refractivity contribution in [3.63, 3.8) is 0 Å². The van der Waals surface area contributed by atoms with Crippen molar-refractivity contribution in [1.29, 1.82) is 0 Å². The van der Waals surface area contributed by atoms with Crippen LogP contribution < -0.4 is 4.90 Å². The lowest BCUT2D eigenvalue weighted by Gasteiger charge is -2.41. The lowest BCUT2D eigenvalue weighted by atomic mass is 9.78. The minimum atomic E-state index is -0.0192. The molecule has 2 aliphatic carbocycles. The fourth-order valence-electron chi connectivity index (χ4n) is 6.15. The third kappa shape index (κ3) is 3.47. The van der Waals surface area contributed by atoms with Crippen LogP contribution in [0, 0.1) is 0 Å². The van der Waals surface area contributed by atoms with Crippen molar-refractivity contribution in [2.45, 2.75) is 83.6 Å². The van der Waals surface area contributed by atoms with E-state index in [1.807, 2.05) is 0 Å². The molecular formula is C31H37N. The smallest absolute Gasteiger partial charge is 0.0454 e. The molecule has 1 nitrogen and oxygen atoms in total. The van der Waals surface area contributed by atoms with Crippen molar-refractivity contribution in [1.82, 2.24) is 0 Å². The number of fused-ring (bicyclic) bond motifs is 3. The Morgan fingerprint density at radius 1 is 0.750 bits per heavy atom. The van der Waals surface area contributed by atoms with Crippen LogP contribution in [0.2, 0.25) is 0 Å². The van der Waals surface area contributed by atoms with E-state index in [2.05, 4.69) is 106 Å². The Kier molecular flexibility index (Phi) is 5.19. The molecule has 32 heavy (non-hydrogen) atoms. The van der Waals surface area contributed by atoms with Crippen LogP contribution in [-0.4, -0.2) is 5.54 Å². The highest BCUT2D eigenvalue weighted by Gasteiger charge is 2.38. The van der Waals surface area contributed by atoms with E-state index in [4.69, 9.17) is 0 Å².